The van der Waals surface area contributed by atoms with Crippen molar-refractivity contribution in [3.8, 4) is 0 Å². The van der Waals surface area contributed by atoms with Crippen molar-refractivity contribution in [1.29, 1.82) is 0 Å². The van der Waals surface area contributed by atoms with Crippen LogP contribution in [0.5, 0.6) is 0 Å². The molecule has 0 unspecified atom stereocenters. The van der Waals surface area contributed by atoms with Gasteiger partial charge in [-0.2, -0.15) is 0 Å². The highest BCUT2D eigenvalue weighted by atomic mass is 16.8. The Balaban J connectivity index is 1.44. The Bertz CT molecular complexity index is 916. The Morgan fingerprint density at radius 2 is 0.778 bits per heavy atom. The lowest BCUT2D eigenvalue weighted by atomic mass is 9.96. The molecule has 21 heteroatoms. The molecule has 4 saturated heterocycles. The van der Waals surface area contributed by atoms with Crippen LogP contribution in [0.15, 0.2) is 0 Å². The molecule has 14 N–H and O–H groups in total. The van der Waals surface area contributed by atoms with Crippen LogP contribution in [0.3, 0.4) is 0 Å². The summed E-state index contributed by atoms with van der Waals surface area (Å²) in [5.41, 5.74) is 0. The maximum Gasteiger partial charge on any atom is 0.187 e. The van der Waals surface area contributed by atoms with E-state index in [1.165, 1.54) is 0 Å². The van der Waals surface area contributed by atoms with Crippen molar-refractivity contribution in [1.82, 2.24) is 0 Å². The fourth-order valence-electron chi connectivity index (χ4n) is 5.43. The first kappa shape index (κ1) is 37.0. The Kier molecular flexibility index (Phi) is 12.8. The topological polar surface area (TPSA) is 348 Å². The smallest absolute Gasteiger partial charge is 0.187 e. The fraction of sp³-hybridized carbons (Fsp3) is 1.00. The van der Waals surface area contributed by atoms with E-state index in [2.05, 4.69) is 0 Å². The van der Waals surface area contributed by atoms with E-state index in [9.17, 15) is 71.5 Å². The molecule has 0 aromatic heterocycles. The van der Waals surface area contributed by atoms with Gasteiger partial charge in [-0.25, -0.2) is 0 Å². The number of ether oxygens (including phenoxy) is 7. The summed E-state index contributed by atoms with van der Waals surface area (Å²) in [5, 5.41) is 142. The van der Waals surface area contributed by atoms with E-state index in [0.29, 0.717) is 0 Å². The number of hydrogen-bond donors (Lipinski definition) is 14. The lowest BCUT2D eigenvalue weighted by Crippen LogP contribution is -2.66. The maximum absolute atomic E-state index is 10.9. The Labute approximate surface area is 254 Å². The Hall–Kier alpha value is -0.840. The van der Waals surface area contributed by atoms with Crippen LogP contribution >= 0.6 is 0 Å². The van der Waals surface area contributed by atoms with Crippen LogP contribution in [-0.2, 0) is 33.2 Å². The number of aliphatic hydroxyl groups is 14. The van der Waals surface area contributed by atoms with E-state index in [-0.39, 0.29) is 0 Å². The molecule has 4 rings (SSSR count). The highest BCUT2D eigenvalue weighted by Crippen LogP contribution is 2.32. The van der Waals surface area contributed by atoms with Crippen molar-refractivity contribution in [2.75, 3.05) is 26.4 Å². The fourth-order valence-corrected chi connectivity index (χ4v) is 5.43. The molecule has 0 amide bonds. The summed E-state index contributed by atoms with van der Waals surface area (Å²) in [6, 6.07) is 0. The van der Waals surface area contributed by atoms with Crippen molar-refractivity contribution < 1.29 is 105 Å². The number of rotatable bonds is 10. The third kappa shape index (κ3) is 7.59. The molecule has 0 aromatic carbocycles. The zero-order valence-electron chi connectivity index (χ0n) is 23.5. The van der Waals surface area contributed by atoms with Crippen molar-refractivity contribution in [2.45, 2.75) is 123 Å². The quantitative estimate of drug-likeness (QED) is 0.103. The molecule has 0 aromatic rings. The van der Waals surface area contributed by atoms with E-state index < -0.39 is 149 Å². The molecule has 4 aliphatic rings. The van der Waals surface area contributed by atoms with Gasteiger partial charge < -0.3 is 105 Å². The predicted octanol–water partition coefficient (Wildman–Crippen LogP) is -9.75. The first-order chi connectivity index (χ1) is 21.2. The lowest BCUT2D eigenvalue weighted by Gasteiger charge is -2.47. The van der Waals surface area contributed by atoms with Crippen molar-refractivity contribution in [2.24, 2.45) is 0 Å². The minimum atomic E-state index is -1.97. The first-order valence-corrected chi connectivity index (χ1v) is 14.1. The van der Waals surface area contributed by atoms with Gasteiger partial charge in [-0.1, -0.05) is 0 Å². The van der Waals surface area contributed by atoms with Crippen molar-refractivity contribution in [3.05, 3.63) is 0 Å². The Morgan fingerprint density at radius 1 is 0.378 bits per heavy atom. The highest BCUT2D eigenvalue weighted by Gasteiger charge is 2.53. The minimum Gasteiger partial charge on any atom is -0.394 e. The largest absolute Gasteiger partial charge is 0.394 e. The molecule has 21 nitrogen and oxygen atoms in total. The van der Waals surface area contributed by atoms with E-state index in [1.54, 1.807) is 0 Å². The van der Waals surface area contributed by atoms with Gasteiger partial charge in [0.05, 0.1) is 26.4 Å². The van der Waals surface area contributed by atoms with Gasteiger partial charge in [0.2, 0.25) is 0 Å². The molecule has 4 fully saturated rings. The molecule has 45 heavy (non-hydrogen) atoms. The van der Waals surface area contributed by atoms with Gasteiger partial charge in [-0.15, -0.1) is 0 Å². The van der Waals surface area contributed by atoms with Crippen LogP contribution in [0, 0.1) is 0 Å². The van der Waals surface area contributed by atoms with Gasteiger partial charge in [0, 0.05) is 0 Å². The zero-order chi connectivity index (χ0) is 33.3. The van der Waals surface area contributed by atoms with Crippen LogP contribution in [0.4, 0.5) is 0 Å². The van der Waals surface area contributed by atoms with Crippen molar-refractivity contribution >= 4 is 0 Å². The van der Waals surface area contributed by atoms with Gasteiger partial charge in [0.1, 0.15) is 97.7 Å². The minimum absolute atomic E-state index is 0.742. The standard InChI is InChI=1S/C24H42O21/c25-1-5-9(28)13(32)15(34)23(42-5)45-20-12(31)7(3-27)41-22(18(20)37)39-4-8-10(29)14(33)16(35)24(43-8)44-19-11(30)6(2-26)40-21(38)17(19)36/h5-38H,1-4H2/t5-,6-,7-,8-,9-,10-,11-,12-,13+,14+,15-,16-,17-,18-,19+,20+,21-,22-,23+,24+/m1/s1. The SMILES string of the molecule is OC[C@H]1O[C@@H](O[C@@H]2[C@@H](O)[C@H](OC[C@H]3O[C@@H](O[C@@H]4[C@@H](O)[C@H](O)O[C@H](CO)[C@H]4O)[C@H](O)[C@@H](O)[C@@H]3O)O[C@H](CO)[C@H]2O)[C@H](O)[C@@H](O)[C@@H]1O. The summed E-state index contributed by atoms with van der Waals surface area (Å²) < 4.78 is 37.4. The van der Waals surface area contributed by atoms with E-state index in [4.69, 9.17) is 33.2 Å². The van der Waals surface area contributed by atoms with Crippen LogP contribution < -0.4 is 0 Å². The van der Waals surface area contributed by atoms with Crippen LogP contribution in [-0.4, -0.2) is 221 Å². The maximum atomic E-state index is 10.9. The third-order valence-electron chi connectivity index (χ3n) is 8.19. The molecule has 0 bridgehead atoms. The third-order valence-corrected chi connectivity index (χ3v) is 8.19. The first-order valence-electron chi connectivity index (χ1n) is 14.1. The lowest BCUT2D eigenvalue weighted by molar-refractivity contribution is -0.372. The normalized spacial score (nSPS) is 52.9. The summed E-state index contributed by atoms with van der Waals surface area (Å²) in [4.78, 5) is 0. The van der Waals surface area contributed by atoms with Gasteiger partial charge >= 0.3 is 0 Å². The van der Waals surface area contributed by atoms with Gasteiger partial charge in [0.15, 0.2) is 25.2 Å². The number of hydrogen-bond acceptors (Lipinski definition) is 21. The second-order valence-corrected chi connectivity index (χ2v) is 11.2. The monoisotopic (exact) mass is 666 g/mol. The van der Waals surface area contributed by atoms with Crippen LogP contribution in [0.25, 0.3) is 0 Å². The zero-order valence-corrected chi connectivity index (χ0v) is 23.5. The van der Waals surface area contributed by atoms with Gasteiger partial charge in [-0.3, -0.25) is 0 Å². The second-order valence-electron chi connectivity index (χ2n) is 11.2. The summed E-state index contributed by atoms with van der Waals surface area (Å²) >= 11 is 0. The summed E-state index contributed by atoms with van der Waals surface area (Å²) in [5.74, 6) is 0. The molecule has 20 atom stereocenters. The molecule has 4 heterocycles. The van der Waals surface area contributed by atoms with Crippen LogP contribution in [0.1, 0.15) is 0 Å². The summed E-state index contributed by atoms with van der Waals surface area (Å²) in [7, 11) is 0. The molecule has 0 spiro atoms. The molecule has 0 saturated carbocycles. The van der Waals surface area contributed by atoms with E-state index in [1.807, 2.05) is 0 Å². The predicted molar refractivity (Wildman–Crippen MR) is 134 cm³/mol. The second kappa shape index (κ2) is 15.6. The van der Waals surface area contributed by atoms with E-state index >= 15 is 0 Å². The average Bonchev–Trinajstić information content (AvgIpc) is 3.02. The molecule has 264 valence electrons. The average molecular weight is 667 g/mol. The molecular formula is C24H42O21. The highest BCUT2D eigenvalue weighted by molar-refractivity contribution is 4.96. The van der Waals surface area contributed by atoms with E-state index in [0.717, 1.165) is 0 Å². The van der Waals surface area contributed by atoms with Crippen LogP contribution in [0.2, 0.25) is 0 Å². The molecule has 4 aliphatic heterocycles. The molecule has 0 aliphatic carbocycles. The summed E-state index contributed by atoms with van der Waals surface area (Å²) in [6.45, 7) is -3.17. The van der Waals surface area contributed by atoms with Gasteiger partial charge in [-0.05, 0) is 0 Å². The van der Waals surface area contributed by atoms with Gasteiger partial charge in [0.25, 0.3) is 0 Å². The molecular weight excluding hydrogens is 624 g/mol. The Morgan fingerprint density at radius 3 is 1.29 bits per heavy atom. The molecule has 0 radical (unpaired) electrons. The van der Waals surface area contributed by atoms with Crippen molar-refractivity contribution in [3.63, 3.8) is 0 Å². The number of aliphatic hydroxyl groups excluding tert-OH is 14. The summed E-state index contributed by atoms with van der Waals surface area (Å²) in [6.07, 6.45) is -35.3.